The van der Waals surface area contributed by atoms with Crippen LogP contribution in [0.4, 0.5) is 0 Å². The Morgan fingerprint density at radius 1 is 1.31 bits per heavy atom. The number of hydrogen-bond donors (Lipinski definition) is 1. The van der Waals surface area contributed by atoms with Gasteiger partial charge < -0.3 is 4.74 Å². The van der Waals surface area contributed by atoms with Crippen molar-refractivity contribution >= 4 is 0 Å². The zero-order chi connectivity index (χ0) is 9.68. The summed E-state index contributed by atoms with van der Waals surface area (Å²) in [4.78, 5) is 0. The van der Waals surface area contributed by atoms with Crippen LogP contribution in [0.3, 0.4) is 0 Å². The lowest BCUT2D eigenvalue weighted by Crippen LogP contribution is -2.51. The molecule has 1 atom stereocenters. The van der Waals surface area contributed by atoms with Crippen molar-refractivity contribution < 1.29 is 4.74 Å². The van der Waals surface area contributed by atoms with Crippen molar-refractivity contribution in [3.8, 4) is 0 Å². The molecular formula is C10H22N2O. The highest BCUT2D eigenvalue weighted by Crippen LogP contribution is 2.06. The molecule has 0 aromatic heterocycles. The van der Waals surface area contributed by atoms with Crippen LogP contribution in [0.2, 0.25) is 0 Å². The fraction of sp³-hybridized carbons (Fsp3) is 1.00. The van der Waals surface area contributed by atoms with E-state index in [2.05, 4.69) is 31.2 Å². The van der Waals surface area contributed by atoms with Crippen LogP contribution >= 0.6 is 0 Å². The predicted molar refractivity (Wildman–Crippen MR) is 54.4 cm³/mol. The maximum absolute atomic E-state index is 5.29. The molecule has 0 radical (unpaired) electrons. The molecule has 3 nitrogen and oxygen atoms in total. The summed E-state index contributed by atoms with van der Waals surface area (Å²) >= 11 is 0. The van der Waals surface area contributed by atoms with Gasteiger partial charge in [0, 0.05) is 19.1 Å². The molecule has 1 N–H and O–H groups in total. The average molecular weight is 186 g/mol. The van der Waals surface area contributed by atoms with Gasteiger partial charge in [0.2, 0.25) is 0 Å². The highest BCUT2D eigenvalue weighted by molar-refractivity contribution is 4.69. The number of rotatable bonds is 4. The second kappa shape index (κ2) is 5.58. The number of hydrogen-bond acceptors (Lipinski definition) is 3. The first-order chi connectivity index (χ1) is 6.24. The Balaban J connectivity index is 2.27. The van der Waals surface area contributed by atoms with E-state index in [1.807, 2.05) is 0 Å². The van der Waals surface area contributed by atoms with Gasteiger partial charge in [-0.1, -0.05) is 20.8 Å². The van der Waals surface area contributed by atoms with Crippen LogP contribution in [0, 0.1) is 5.92 Å². The zero-order valence-corrected chi connectivity index (χ0v) is 9.05. The van der Waals surface area contributed by atoms with E-state index in [1.165, 1.54) is 6.42 Å². The summed E-state index contributed by atoms with van der Waals surface area (Å²) in [7, 11) is 0. The van der Waals surface area contributed by atoms with Crippen LogP contribution < -0.4 is 5.43 Å². The maximum atomic E-state index is 5.29. The van der Waals surface area contributed by atoms with Crippen molar-refractivity contribution in [3.63, 3.8) is 0 Å². The third-order valence-electron chi connectivity index (χ3n) is 2.60. The lowest BCUT2D eigenvalue weighted by Gasteiger charge is -2.33. The van der Waals surface area contributed by atoms with E-state index in [0.717, 1.165) is 26.3 Å². The predicted octanol–water partition coefficient (Wildman–Crippen LogP) is 1.26. The van der Waals surface area contributed by atoms with E-state index in [-0.39, 0.29) is 0 Å². The average Bonchev–Trinajstić information content (AvgIpc) is 2.15. The van der Waals surface area contributed by atoms with E-state index < -0.39 is 0 Å². The van der Waals surface area contributed by atoms with E-state index in [1.54, 1.807) is 0 Å². The van der Waals surface area contributed by atoms with Gasteiger partial charge >= 0.3 is 0 Å². The Morgan fingerprint density at radius 2 is 1.92 bits per heavy atom. The van der Waals surface area contributed by atoms with Crippen LogP contribution in [0.25, 0.3) is 0 Å². The molecule has 1 heterocycles. The van der Waals surface area contributed by atoms with Gasteiger partial charge in [0.15, 0.2) is 0 Å². The summed E-state index contributed by atoms with van der Waals surface area (Å²) in [6, 6.07) is 0.609. The van der Waals surface area contributed by atoms with Gasteiger partial charge in [-0.25, -0.2) is 5.01 Å². The van der Waals surface area contributed by atoms with Gasteiger partial charge in [-0.2, -0.15) is 0 Å². The molecule has 1 rings (SSSR count). The highest BCUT2D eigenvalue weighted by atomic mass is 16.5. The first-order valence-electron chi connectivity index (χ1n) is 5.33. The molecule has 1 unspecified atom stereocenters. The minimum absolute atomic E-state index is 0.609. The third kappa shape index (κ3) is 3.63. The minimum Gasteiger partial charge on any atom is -0.379 e. The van der Waals surface area contributed by atoms with Crippen molar-refractivity contribution in [2.24, 2.45) is 5.92 Å². The smallest absolute Gasteiger partial charge is 0.0608 e. The Kier molecular flexibility index (Phi) is 4.70. The molecule has 0 aromatic carbocycles. The van der Waals surface area contributed by atoms with Crippen LogP contribution in [0.15, 0.2) is 0 Å². The Morgan fingerprint density at radius 3 is 2.38 bits per heavy atom. The van der Waals surface area contributed by atoms with Gasteiger partial charge in [-0.05, 0) is 12.3 Å². The molecule has 0 bridgehead atoms. The molecule has 1 fully saturated rings. The van der Waals surface area contributed by atoms with Crippen molar-refractivity contribution in [2.75, 3.05) is 26.3 Å². The van der Waals surface area contributed by atoms with Crippen LogP contribution in [-0.2, 0) is 4.74 Å². The lowest BCUT2D eigenvalue weighted by molar-refractivity contribution is -0.000967. The number of nitrogens with one attached hydrogen (secondary N) is 1. The third-order valence-corrected chi connectivity index (χ3v) is 2.60. The van der Waals surface area contributed by atoms with Crippen LogP contribution in [-0.4, -0.2) is 37.4 Å². The molecule has 0 spiro atoms. The van der Waals surface area contributed by atoms with Crippen molar-refractivity contribution in [3.05, 3.63) is 0 Å². The van der Waals surface area contributed by atoms with E-state index in [0.29, 0.717) is 12.0 Å². The highest BCUT2D eigenvalue weighted by Gasteiger charge is 2.16. The second-order valence-electron chi connectivity index (χ2n) is 3.99. The normalized spacial score (nSPS) is 22.2. The van der Waals surface area contributed by atoms with Gasteiger partial charge in [0.05, 0.1) is 13.2 Å². The summed E-state index contributed by atoms with van der Waals surface area (Å²) in [5, 5.41) is 2.29. The van der Waals surface area contributed by atoms with Gasteiger partial charge in [0.25, 0.3) is 0 Å². The summed E-state index contributed by atoms with van der Waals surface area (Å²) in [5.74, 6) is 0.702. The summed E-state index contributed by atoms with van der Waals surface area (Å²) in [6.45, 7) is 10.5. The Hall–Kier alpha value is -0.120. The Labute approximate surface area is 81.4 Å². The molecule has 0 amide bonds. The molecule has 13 heavy (non-hydrogen) atoms. The zero-order valence-electron chi connectivity index (χ0n) is 9.05. The molecule has 0 aliphatic carbocycles. The number of nitrogens with zero attached hydrogens (tertiary/aromatic N) is 1. The number of hydrazine groups is 1. The maximum Gasteiger partial charge on any atom is 0.0608 e. The molecule has 1 aliphatic heterocycles. The quantitative estimate of drug-likeness (QED) is 0.715. The first-order valence-corrected chi connectivity index (χ1v) is 5.33. The molecular weight excluding hydrogens is 164 g/mol. The summed E-state index contributed by atoms with van der Waals surface area (Å²) < 4.78 is 5.29. The number of morpholine rings is 1. The van der Waals surface area contributed by atoms with Crippen molar-refractivity contribution in [1.82, 2.24) is 10.4 Å². The van der Waals surface area contributed by atoms with Crippen LogP contribution in [0.1, 0.15) is 27.2 Å². The fourth-order valence-electron chi connectivity index (χ4n) is 1.64. The second-order valence-corrected chi connectivity index (χ2v) is 3.99. The molecule has 1 saturated heterocycles. The minimum atomic E-state index is 0.609. The van der Waals surface area contributed by atoms with Gasteiger partial charge in [0.1, 0.15) is 0 Å². The molecule has 1 aliphatic rings. The molecule has 0 saturated carbocycles. The van der Waals surface area contributed by atoms with E-state index >= 15 is 0 Å². The fourth-order valence-corrected chi connectivity index (χ4v) is 1.64. The summed E-state index contributed by atoms with van der Waals surface area (Å²) in [5.41, 5.74) is 3.56. The number of ether oxygens (including phenoxy) is 1. The molecule has 0 aromatic rings. The van der Waals surface area contributed by atoms with Crippen molar-refractivity contribution in [2.45, 2.75) is 33.2 Å². The van der Waals surface area contributed by atoms with Crippen molar-refractivity contribution in [1.29, 1.82) is 0 Å². The van der Waals surface area contributed by atoms with E-state index in [9.17, 15) is 0 Å². The summed E-state index contributed by atoms with van der Waals surface area (Å²) in [6.07, 6.45) is 1.19. The SMILES string of the molecule is CCC(NN1CCOCC1)C(C)C. The lowest BCUT2D eigenvalue weighted by atomic mass is 10.0. The standard InChI is InChI=1S/C10H22N2O/c1-4-10(9(2)3)11-12-5-7-13-8-6-12/h9-11H,4-8H2,1-3H3. The van der Waals surface area contributed by atoms with Gasteiger partial charge in [-0.15, -0.1) is 0 Å². The largest absolute Gasteiger partial charge is 0.379 e. The van der Waals surface area contributed by atoms with Gasteiger partial charge in [-0.3, -0.25) is 5.43 Å². The van der Waals surface area contributed by atoms with E-state index in [4.69, 9.17) is 4.74 Å². The Bertz CT molecular complexity index is 133. The topological polar surface area (TPSA) is 24.5 Å². The molecule has 78 valence electrons. The monoisotopic (exact) mass is 186 g/mol. The molecule has 3 heteroatoms. The first kappa shape index (κ1) is 11.0. The van der Waals surface area contributed by atoms with Crippen LogP contribution in [0.5, 0.6) is 0 Å².